The number of guanidine groups is 1. The molecule has 0 aliphatic heterocycles. The summed E-state index contributed by atoms with van der Waals surface area (Å²) < 4.78 is 11.5. The molecule has 0 fully saturated rings. The number of ether oxygens (including phenoxy) is 2. The van der Waals surface area contributed by atoms with Gasteiger partial charge in [0, 0.05) is 10.0 Å². The van der Waals surface area contributed by atoms with Gasteiger partial charge in [-0.25, -0.2) is 0 Å². The molecule has 0 unspecified atom stereocenters. The molecule has 1 rings (SSSR count). The van der Waals surface area contributed by atoms with Crippen molar-refractivity contribution in [3.05, 3.63) is 34.8 Å². The van der Waals surface area contributed by atoms with Crippen LogP contribution in [0.25, 0.3) is 0 Å². The molecule has 7 heteroatoms. The van der Waals surface area contributed by atoms with Crippen LogP contribution in [0.5, 0.6) is 11.5 Å². The molecule has 0 aliphatic carbocycles. The van der Waals surface area contributed by atoms with Gasteiger partial charge in [0.15, 0.2) is 11.5 Å². The van der Waals surface area contributed by atoms with Crippen molar-refractivity contribution in [1.29, 1.82) is 0 Å². The number of nitrogens with zero attached hydrogens (tertiary/aromatic N) is 2. The van der Waals surface area contributed by atoms with E-state index in [1.165, 1.54) is 6.21 Å². The largest absolute Gasteiger partial charge is 0.493 e. The summed E-state index contributed by atoms with van der Waals surface area (Å²) in [5.74, 6) is 1.08. The lowest BCUT2D eigenvalue weighted by molar-refractivity contribution is 0.326. The molecule has 0 spiro atoms. The lowest BCUT2D eigenvalue weighted by atomic mass is 10.2. The average molecular weight is 327 g/mol. The van der Waals surface area contributed by atoms with Gasteiger partial charge in [0.2, 0.25) is 5.96 Å². The fraction of sp³-hybridized carbons (Fsp3) is 0.167. The van der Waals surface area contributed by atoms with Crippen LogP contribution in [0.2, 0.25) is 0 Å². The third-order valence-electron chi connectivity index (χ3n) is 2.01. The van der Waals surface area contributed by atoms with Gasteiger partial charge >= 0.3 is 0 Å². The fourth-order valence-electron chi connectivity index (χ4n) is 1.23. The van der Waals surface area contributed by atoms with Gasteiger partial charge in [-0.05, 0) is 28.1 Å². The average Bonchev–Trinajstić information content (AvgIpc) is 2.38. The minimum atomic E-state index is -0.106. The summed E-state index contributed by atoms with van der Waals surface area (Å²) in [5.41, 5.74) is 11.1. The molecule has 102 valence electrons. The van der Waals surface area contributed by atoms with Crippen molar-refractivity contribution in [1.82, 2.24) is 0 Å². The van der Waals surface area contributed by atoms with Gasteiger partial charge in [0.05, 0.1) is 13.3 Å². The van der Waals surface area contributed by atoms with Crippen LogP contribution in [-0.4, -0.2) is 25.9 Å². The third-order valence-corrected chi connectivity index (χ3v) is 2.70. The highest BCUT2D eigenvalue weighted by atomic mass is 79.9. The van der Waals surface area contributed by atoms with Crippen LogP contribution in [0.15, 0.2) is 39.5 Å². The standard InChI is InChI=1S/C12H15BrN4O2/c1-3-4-19-11-6-9(13)8(5-10(11)18-2)7-16-17-12(14)15/h3,5-7H,1,4H2,2H3,(H4,14,15,17). The molecular formula is C12H15BrN4O2. The van der Waals surface area contributed by atoms with Gasteiger partial charge in [0.1, 0.15) is 6.61 Å². The van der Waals surface area contributed by atoms with E-state index < -0.39 is 0 Å². The molecule has 0 atom stereocenters. The Morgan fingerprint density at radius 1 is 1.42 bits per heavy atom. The normalized spacial score (nSPS) is 10.2. The van der Waals surface area contributed by atoms with E-state index in [2.05, 4.69) is 32.7 Å². The van der Waals surface area contributed by atoms with Gasteiger partial charge < -0.3 is 20.9 Å². The quantitative estimate of drug-likeness (QED) is 0.359. The molecular weight excluding hydrogens is 312 g/mol. The Balaban J connectivity index is 3.05. The zero-order chi connectivity index (χ0) is 14.3. The number of benzene rings is 1. The lowest BCUT2D eigenvalue weighted by Gasteiger charge is -2.11. The van der Waals surface area contributed by atoms with Crippen molar-refractivity contribution in [2.24, 2.45) is 21.7 Å². The lowest BCUT2D eigenvalue weighted by Crippen LogP contribution is -2.21. The van der Waals surface area contributed by atoms with Crippen LogP contribution in [0.1, 0.15) is 5.56 Å². The molecule has 0 bridgehead atoms. The Bertz CT molecular complexity index is 511. The predicted molar refractivity (Wildman–Crippen MR) is 79.8 cm³/mol. The van der Waals surface area contributed by atoms with Gasteiger partial charge in [-0.2, -0.15) is 5.10 Å². The Kier molecular flexibility index (Phi) is 5.87. The summed E-state index contributed by atoms with van der Waals surface area (Å²) in [6.07, 6.45) is 3.16. The highest BCUT2D eigenvalue weighted by molar-refractivity contribution is 9.10. The van der Waals surface area contributed by atoms with Crippen LogP contribution in [0.4, 0.5) is 0 Å². The summed E-state index contributed by atoms with van der Waals surface area (Å²) in [6, 6.07) is 3.54. The van der Waals surface area contributed by atoms with Crippen molar-refractivity contribution in [3.8, 4) is 11.5 Å². The minimum absolute atomic E-state index is 0.106. The summed E-state index contributed by atoms with van der Waals surface area (Å²) in [7, 11) is 1.56. The maximum Gasteiger partial charge on any atom is 0.211 e. The van der Waals surface area contributed by atoms with E-state index in [1.807, 2.05) is 0 Å². The highest BCUT2D eigenvalue weighted by Crippen LogP contribution is 2.32. The van der Waals surface area contributed by atoms with Crippen molar-refractivity contribution in [2.75, 3.05) is 13.7 Å². The maximum atomic E-state index is 5.47. The molecule has 0 amide bonds. The van der Waals surface area contributed by atoms with E-state index >= 15 is 0 Å². The molecule has 0 aliphatic rings. The number of methoxy groups -OCH3 is 1. The molecule has 0 saturated heterocycles. The first-order valence-electron chi connectivity index (χ1n) is 5.31. The third kappa shape index (κ3) is 4.63. The fourth-order valence-corrected chi connectivity index (χ4v) is 1.65. The number of halogens is 1. The van der Waals surface area contributed by atoms with Crippen LogP contribution in [0, 0.1) is 0 Å². The second kappa shape index (κ2) is 7.42. The van der Waals surface area contributed by atoms with Crippen molar-refractivity contribution in [2.45, 2.75) is 0 Å². The molecule has 0 heterocycles. The van der Waals surface area contributed by atoms with Crippen LogP contribution < -0.4 is 20.9 Å². The Labute approximate surface area is 119 Å². The molecule has 6 nitrogen and oxygen atoms in total. The van der Waals surface area contributed by atoms with Crippen LogP contribution in [-0.2, 0) is 0 Å². The molecule has 19 heavy (non-hydrogen) atoms. The second-order valence-electron chi connectivity index (χ2n) is 3.39. The zero-order valence-corrected chi connectivity index (χ0v) is 12.1. The monoisotopic (exact) mass is 326 g/mol. The summed E-state index contributed by atoms with van der Waals surface area (Å²) in [4.78, 5) is 0. The van der Waals surface area contributed by atoms with E-state index in [9.17, 15) is 0 Å². The maximum absolute atomic E-state index is 5.47. The SMILES string of the molecule is C=CCOc1cc(Br)c(C=NN=C(N)N)cc1OC. The first-order chi connectivity index (χ1) is 9.08. The van der Waals surface area contributed by atoms with E-state index in [0.29, 0.717) is 18.1 Å². The number of nitrogens with two attached hydrogens (primary N) is 2. The molecule has 0 aromatic heterocycles. The summed E-state index contributed by atoms with van der Waals surface area (Å²) in [6.45, 7) is 3.98. The van der Waals surface area contributed by atoms with Crippen molar-refractivity contribution >= 4 is 28.1 Å². The van der Waals surface area contributed by atoms with Crippen LogP contribution in [0.3, 0.4) is 0 Å². The smallest absolute Gasteiger partial charge is 0.211 e. The first kappa shape index (κ1) is 15.0. The van der Waals surface area contributed by atoms with E-state index in [1.54, 1.807) is 25.3 Å². The molecule has 1 aromatic carbocycles. The van der Waals surface area contributed by atoms with Gasteiger partial charge in [0.25, 0.3) is 0 Å². The summed E-state index contributed by atoms with van der Waals surface area (Å²) in [5, 5.41) is 7.26. The Morgan fingerprint density at radius 2 is 2.16 bits per heavy atom. The molecule has 0 radical (unpaired) electrons. The minimum Gasteiger partial charge on any atom is -0.493 e. The van der Waals surface area contributed by atoms with E-state index in [4.69, 9.17) is 20.9 Å². The number of hydrogen-bond acceptors (Lipinski definition) is 4. The van der Waals surface area contributed by atoms with E-state index in [-0.39, 0.29) is 5.96 Å². The number of rotatable bonds is 6. The molecule has 1 aromatic rings. The Hall–Kier alpha value is -2.02. The molecule has 4 N–H and O–H groups in total. The highest BCUT2D eigenvalue weighted by Gasteiger charge is 2.08. The van der Waals surface area contributed by atoms with Gasteiger partial charge in [-0.1, -0.05) is 12.7 Å². The Morgan fingerprint density at radius 3 is 2.74 bits per heavy atom. The predicted octanol–water partition coefficient (Wildman–Crippen LogP) is 1.63. The second-order valence-corrected chi connectivity index (χ2v) is 4.25. The molecule has 0 saturated carbocycles. The summed E-state index contributed by atoms with van der Waals surface area (Å²) >= 11 is 3.41. The van der Waals surface area contributed by atoms with Crippen molar-refractivity contribution in [3.63, 3.8) is 0 Å². The number of hydrogen-bond donors (Lipinski definition) is 2. The van der Waals surface area contributed by atoms with Crippen molar-refractivity contribution < 1.29 is 9.47 Å². The van der Waals surface area contributed by atoms with Gasteiger partial charge in [-0.3, -0.25) is 0 Å². The first-order valence-corrected chi connectivity index (χ1v) is 6.11. The van der Waals surface area contributed by atoms with E-state index in [0.717, 1.165) is 10.0 Å². The van der Waals surface area contributed by atoms with Gasteiger partial charge in [-0.15, -0.1) is 5.10 Å². The zero-order valence-electron chi connectivity index (χ0n) is 10.5. The topological polar surface area (TPSA) is 95.2 Å². The van der Waals surface area contributed by atoms with Crippen LogP contribution >= 0.6 is 15.9 Å².